The number of rotatable bonds is 4. The van der Waals surface area contributed by atoms with Crippen molar-refractivity contribution >= 4 is 5.91 Å². The first-order chi connectivity index (χ1) is 14.0. The fourth-order valence-corrected chi connectivity index (χ4v) is 3.44. The van der Waals surface area contributed by atoms with Crippen molar-refractivity contribution in [3.05, 3.63) is 90.3 Å². The highest BCUT2D eigenvalue weighted by Gasteiger charge is 2.38. The van der Waals surface area contributed by atoms with Gasteiger partial charge in [-0.1, -0.05) is 30.3 Å². The van der Waals surface area contributed by atoms with E-state index >= 15 is 0 Å². The van der Waals surface area contributed by atoms with E-state index in [1.807, 2.05) is 73.3 Å². The fraction of sp³-hybridized carbons (Fsp3) is 0.250. The predicted molar refractivity (Wildman–Crippen MR) is 111 cm³/mol. The lowest BCUT2D eigenvalue weighted by molar-refractivity contribution is -0.0846. The standard InChI is InChI=1S/C24H24N2O3/c1-24(2)17-28-22(18-7-4-3-5-8-18)16-26(24)23(27)19-10-12-20(13-11-19)29-21-9-6-14-25-15-21/h3-15,22H,16-17H2,1-2H3. The van der Waals surface area contributed by atoms with E-state index in [9.17, 15) is 4.79 Å². The minimum absolute atomic E-state index is 0.00726. The highest BCUT2D eigenvalue weighted by Crippen LogP contribution is 2.32. The van der Waals surface area contributed by atoms with Gasteiger partial charge in [-0.25, -0.2) is 0 Å². The largest absolute Gasteiger partial charge is 0.456 e. The highest BCUT2D eigenvalue weighted by atomic mass is 16.5. The molecule has 0 aliphatic carbocycles. The van der Waals surface area contributed by atoms with Crippen LogP contribution in [0.15, 0.2) is 79.1 Å². The van der Waals surface area contributed by atoms with Crippen molar-refractivity contribution in [2.45, 2.75) is 25.5 Å². The first kappa shape index (κ1) is 19.2. The molecule has 29 heavy (non-hydrogen) atoms. The van der Waals surface area contributed by atoms with Crippen molar-refractivity contribution < 1.29 is 14.3 Å². The molecule has 0 bridgehead atoms. The van der Waals surface area contributed by atoms with Crippen molar-refractivity contribution in [3.8, 4) is 11.5 Å². The number of nitrogens with zero attached hydrogens (tertiary/aromatic N) is 2. The van der Waals surface area contributed by atoms with E-state index in [-0.39, 0.29) is 17.6 Å². The minimum Gasteiger partial charge on any atom is -0.456 e. The Morgan fingerprint density at radius 1 is 1.03 bits per heavy atom. The summed E-state index contributed by atoms with van der Waals surface area (Å²) in [6, 6.07) is 20.9. The number of carbonyl (C=O) groups excluding carboxylic acids is 1. The summed E-state index contributed by atoms with van der Waals surface area (Å²) in [5.41, 5.74) is 1.33. The molecule has 1 amide bonds. The van der Waals surface area contributed by atoms with E-state index in [1.54, 1.807) is 24.5 Å². The summed E-state index contributed by atoms with van der Waals surface area (Å²) in [6.45, 7) is 5.07. The number of ether oxygens (including phenoxy) is 2. The Balaban J connectivity index is 1.50. The van der Waals surface area contributed by atoms with Crippen LogP contribution in [0.5, 0.6) is 11.5 Å². The van der Waals surface area contributed by atoms with Gasteiger partial charge in [0.25, 0.3) is 5.91 Å². The SMILES string of the molecule is CC1(C)COC(c2ccccc2)CN1C(=O)c1ccc(Oc2cccnc2)cc1. The van der Waals surface area contributed by atoms with Crippen LogP contribution in [0.3, 0.4) is 0 Å². The summed E-state index contributed by atoms with van der Waals surface area (Å²) in [5.74, 6) is 1.32. The number of hydrogen-bond acceptors (Lipinski definition) is 4. The maximum atomic E-state index is 13.3. The van der Waals surface area contributed by atoms with Gasteiger partial charge in [-0.05, 0) is 55.8 Å². The van der Waals surface area contributed by atoms with Crippen LogP contribution in [-0.2, 0) is 4.74 Å². The molecule has 0 N–H and O–H groups in total. The highest BCUT2D eigenvalue weighted by molar-refractivity contribution is 5.95. The van der Waals surface area contributed by atoms with E-state index in [0.29, 0.717) is 30.2 Å². The van der Waals surface area contributed by atoms with Crippen LogP contribution in [0.25, 0.3) is 0 Å². The Labute approximate surface area is 170 Å². The molecule has 1 saturated heterocycles. The molecule has 1 aliphatic rings. The van der Waals surface area contributed by atoms with Crippen molar-refractivity contribution in [1.29, 1.82) is 0 Å². The second-order valence-corrected chi connectivity index (χ2v) is 7.75. The molecule has 1 atom stereocenters. The third kappa shape index (κ3) is 4.30. The number of carbonyl (C=O) groups is 1. The minimum atomic E-state index is -0.382. The average molecular weight is 388 g/mol. The van der Waals surface area contributed by atoms with Crippen LogP contribution in [0, 0.1) is 0 Å². The lowest BCUT2D eigenvalue weighted by atomic mass is 9.97. The molecule has 0 radical (unpaired) electrons. The lowest BCUT2D eigenvalue weighted by Crippen LogP contribution is -2.56. The average Bonchev–Trinajstić information content (AvgIpc) is 2.75. The summed E-state index contributed by atoms with van der Waals surface area (Å²) in [7, 11) is 0. The quantitative estimate of drug-likeness (QED) is 0.640. The first-order valence-corrected chi connectivity index (χ1v) is 9.69. The Kier molecular flexibility index (Phi) is 5.32. The Morgan fingerprint density at radius 2 is 1.79 bits per heavy atom. The van der Waals surface area contributed by atoms with E-state index in [2.05, 4.69) is 4.98 Å². The van der Waals surface area contributed by atoms with E-state index in [4.69, 9.17) is 9.47 Å². The first-order valence-electron chi connectivity index (χ1n) is 9.69. The lowest BCUT2D eigenvalue weighted by Gasteiger charge is -2.45. The number of morpholine rings is 1. The molecule has 1 aliphatic heterocycles. The number of aromatic nitrogens is 1. The second kappa shape index (κ2) is 8.05. The molecule has 5 heteroatoms. The summed E-state index contributed by atoms with van der Waals surface area (Å²) < 4.78 is 11.8. The number of pyridine rings is 1. The third-order valence-electron chi connectivity index (χ3n) is 5.10. The molecule has 4 rings (SSSR count). The zero-order chi connectivity index (χ0) is 20.3. The molecule has 3 aromatic rings. The van der Waals surface area contributed by atoms with Crippen LogP contribution in [0.1, 0.15) is 35.9 Å². The Hall–Kier alpha value is -3.18. The maximum absolute atomic E-state index is 13.3. The molecule has 1 fully saturated rings. The van der Waals surface area contributed by atoms with Crippen LogP contribution in [-0.4, -0.2) is 34.5 Å². The van der Waals surface area contributed by atoms with E-state index in [0.717, 1.165) is 5.56 Å². The smallest absolute Gasteiger partial charge is 0.254 e. The molecular weight excluding hydrogens is 364 g/mol. The second-order valence-electron chi connectivity index (χ2n) is 7.75. The van der Waals surface area contributed by atoms with Crippen LogP contribution >= 0.6 is 0 Å². The number of benzene rings is 2. The van der Waals surface area contributed by atoms with Crippen molar-refractivity contribution in [1.82, 2.24) is 9.88 Å². The van der Waals surface area contributed by atoms with Gasteiger partial charge in [-0.2, -0.15) is 0 Å². The molecule has 1 aromatic heterocycles. The molecule has 2 heterocycles. The predicted octanol–water partition coefficient (Wildman–Crippen LogP) is 4.87. The summed E-state index contributed by atoms with van der Waals surface area (Å²) >= 11 is 0. The summed E-state index contributed by atoms with van der Waals surface area (Å²) in [4.78, 5) is 19.2. The normalized spacial score (nSPS) is 18.3. The van der Waals surface area contributed by atoms with Gasteiger partial charge in [0, 0.05) is 11.8 Å². The zero-order valence-corrected chi connectivity index (χ0v) is 16.6. The number of hydrogen-bond donors (Lipinski definition) is 0. The van der Waals surface area contributed by atoms with E-state index < -0.39 is 0 Å². The van der Waals surface area contributed by atoms with Gasteiger partial charge >= 0.3 is 0 Å². The van der Waals surface area contributed by atoms with Gasteiger partial charge in [-0.3, -0.25) is 9.78 Å². The summed E-state index contributed by atoms with van der Waals surface area (Å²) in [6.07, 6.45) is 3.22. The molecule has 5 nitrogen and oxygen atoms in total. The third-order valence-corrected chi connectivity index (χ3v) is 5.10. The van der Waals surface area contributed by atoms with Gasteiger partial charge in [0.2, 0.25) is 0 Å². The Bertz CT molecular complexity index is 956. The van der Waals surface area contributed by atoms with Crippen molar-refractivity contribution in [2.75, 3.05) is 13.2 Å². The van der Waals surface area contributed by atoms with Crippen LogP contribution in [0.4, 0.5) is 0 Å². The maximum Gasteiger partial charge on any atom is 0.254 e. The van der Waals surface area contributed by atoms with Gasteiger partial charge in [0.1, 0.15) is 17.6 Å². The van der Waals surface area contributed by atoms with Crippen molar-refractivity contribution in [2.24, 2.45) is 0 Å². The molecule has 2 aromatic carbocycles. The van der Waals surface area contributed by atoms with E-state index in [1.165, 1.54) is 0 Å². The fourth-order valence-electron chi connectivity index (χ4n) is 3.44. The van der Waals surface area contributed by atoms with Gasteiger partial charge in [0.05, 0.1) is 24.9 Å². The summed E-state index contributed by atoms with van der Waals surface area (Å²) in [5, 5.41) is 0. The molecule has 148 valence electrons. The van der Waals surface area contributed by atoms with Gasteiger partial charge in [0.15, 0.2) is 0 Å². The molecule has 1 unspecified atom stereocenters. The van der Waals surface area contributed by atoms with Gasteiger partial charge < -0.3 is 14.4 Å². The van der Waals surface area contributed by atoms with Crippen LogP contribution < -0.4 is 4.74 Å². The molecular formula is C24H24N2O3. The molecule has 0 spiro atoms. The molecule has 0 saturated carbocycles. The topological polar surface area (TPSA) is 51.7 Å². The number of amides is 1. The Morgan fingerprint density at radius 3 is 2.48 bits per heavy atom. The monoisotopic (exact) mass is 388 g/mol. The van der Waals surface area contributed by atoms with Gasteiger partial charge in [-0.15, -0.1) is 0 Å². The van der Waals surface area contributed by atoms with Crippen molar-refractivity contribution in [3.63, 3.8) is 0 Å². The zero-order valence-electron chi connectivity index (χ0n) is 16.6. The van der Waals surface area contributed by atoms with Crippen LogP contribution in [0.2, 0.25) is 0 Å².